The first-order valence-corrected chi connectivity index (χ1v) is 6.87. The summed E-state index contributed by atoms with van der Waals surface area (Å²) in [5, 5.41) is 0. The van der Waals surface area contributed by atoms with Gasteiger partial charge in [0.15, 0.2) is 0 Å². The minimum atomic E-state index is 0.718. The van der Waals surface area contributed by atoms with Crippen molar-refractivity contribution in [2.24, 2.45) is 9.98 Å². The summed E-state index contributed by atoms with van der Waals surface area (Å²) in [5.74, 6) is 0. The molecule has 0 atom stereocenters. The fraction of sp³-hybridized carbons (Fsp3) is 0.222. The smallest absolute Gasteiger partial charge is 0.0585 e. The molecule has 0 aliphatic carbocycles. The van der Waals surface area contributed by atoms with Gasteiger partial charge in [0.2, 0.25) is 0 Å². The summed E-state index contributed by atoms with van der Waals surface area (Å²) >= 11 is 0. The highest BCUT2D eigenvalue weighted by molar-refractivity contribution is 5.80. The van der Waals surface area contributed by atoms with Crippen LogP contribution in [-0.4, -0.2) is 25.5 Å². The van der Waals surface area contributed by atoms with Gasteiger partial charge in [0.05, 0.1) is 13.1 Å². The number of benzene rings is 2. The molecule has 0 aliphatic heterocycles. The van der Waals surface area contributed by atoms with E-state index in [2.05, 4.69) is 72.4 Å². The topological polar surface area (TPSA) is 24.7 Å². The number of aryl methyl sites for hydroxylation is 2. The summed E-state index contributed by atoms with van der Waals surface area (Å²) in [6.45, 7) is 5.61. The summed E-state index contributed by atoms with van der Waals surface area (Å²) in [6.07, 6.45) is 3.81. The molecule has 2 rings (SSSR count). The zero-order valence-electron chi connectivity index (χ0n) is 12.1. The molecule has 0 bridgehead atoms. The van der Waals surface area contributed by atoms with E-state index in [0.29, 0.717) is 0 Å². The van der Waals surface area contributed by atoms with Crippen LogP contribution in [0.2, 0.25) is 0 Å². The molecule has 0 radical (unpaired) electrons. The van der Waals surface area contributed by atoms with Crippen LogP contribution in [0.3, 0.4) is 0 Å². The molecule has 0 aliphatic rings. The van der Waals surface area contributed by atoms with E-state index in [-0.39, 0.29) is 0 Å². The van der Waals surface area contributed by atoms with Crippen molar-refractivity contribution in [3.63, 3.8) is 0 Å². The van der Waals surface area contributed by atoms with Crippen molar-refractivity contribution < 1.29 is 0 Å². The van der Waals surface area contributed by atoms with Crippen LogP contribution in [0.5, 0.6) is 0 Å². The Morgan fingerprint density at radius 1 is 0.650 bits per heavy atom. The van der Waals surface area contributed by atoms with Gasteiger partial charge in [-0.15, -0.1) is 0 Å². The summed E-state index contributed by atoms with van der Waals surface area (Å²) in [4.78, 5) is 8.76. The number of nitrogens with zero attached hydrogens (tertiary/aromatic N) is 2. The van der Waals surface area contributed by atoms with Crippen molar-refractivity contribution in [2.45, 2.75) is 13.8 Å². The van der Waals surface area contributed by atoms with Crippen LogP contribution in [0.1, 0.15) is 22.3 Å². The zero-order chi connectivity index (χ0) is 14.2. The van der Waals surface area contributed by atoms with E-state index >= 15 is 0 Å². The van der Waals surface area contributed by atoms with Crippen LogP contribution in [0.25, 0.3) is 0 Å². The van der Waals surface area contributed by atoms with Gasteiger partial charge in [0.25, 0.3) is 0 Å². The van der Waals surface area contributed by atoms with Crippen LogP contribution < -0.4 is 0 Å². The molecule has 20 heavy (non-hydrogen) atoms. The second kappa shape index (κ2) is 7.39. The molecule has 0 spiro atoms. The summed E-state index contributed by atoms with van der Waals surface area (Å²) in [7, 11) is 0. The van der Waals surface area contributed by atoms with Gasteiger partial charge in [-0.3, -0.25) is 9.98 Å². The molecule has 2 heteroatoms. The van der Waals surface area contributed by atoms with Gasteiger partial charge in [-0.05, 0) is 25.0 Å². The minimum Gasteiger partial charge on any atom is -0.291 e. The Bertz CT molecular complexity index is 522. The van der Waals surface area contributed by atoms with E-state index in [0.717, 1.165) is 24.2 Å². The number of rotatable bonds is 5. The fourth-order valence-electron chi connectivity index (χ4n) is 1.76. The average molecular weight is 264 g/mol. The van der Waals surface area contributed by atoms with Crippen LogP contribution in [0.4, 0.5) is 0 Å². The fourth-order valence-corrected chi connectivity index (χ4v) is 1.76. The van der Waals surface area contributed by atoms with Gasteiger partial charge in [-0.2, -0.15) is 0 Å². The van der Waals surface area contributed by atoms with E-state index in [4.69, 9.17) is 0 Å². The van der Waals surface area contributed by atoms with E-state index < -0.39 is 0 Å². The van der Waals surface area contributed by atoms with Gasteiger partial charge in [0, 0.05) is 12.4 Å². The molecule has 102 valence electrons. The van der Waals surface area contributed by atoms with E-state index in [1.165, 1.54) is 11.1 Å². The van der Waals surface area contributed by atoms with Crippen molar-refractivity contribution >= 4 is 12.4 Å². The maximum atomic E-state index is 4.38. The van der Waals surface area contributed by atoms with Crippen LogP contribution in [0.15, 0.2) is 58.5 Å². The van der Waals surface area contributed by atoms with Crippen molar-refractivity contribution in [2.75, 3.05) is 13.1 Å². The first kappa shape index (κ1) is 14.2. The molecule has 0 saturated heterocycles. The quantitative estimate of drug-likeness (QED) is 0.579. The number of hydrogen-bond donors (Lipinski definition) is 0. The second-order valence-corrected chi connectivity index (χ2v) is 4.89. The van der Waals surface area contributed by atoms with E-state index in [1.807, 2.05) is 12.4 Å². The predicted octanol–water partition coefficient (Wildman–Crippen LogP) is 3.84. The highest BCUT2D eigenvalue weighted by Gasteiger charge is 1.88. The van der Waals surface area contributed by atoms with E-state index in [9.17, 15) is 0 Å². The third-order valence-electron chi connectivity index (χ3n) is 2.99. The molecule has 0 amide bonds. The molecule has 0 unspecified atom stereocenters. The highest BCUT2D eigenvalue weighted by atomic mass is 14.8. The largest absolute Gasteiger partial charge is 0.291 e. The molecule has 0 fully saturated rings. The lowest BCUT2D eigenvalue weighted by molar-refractivity contribution is 0.985. The number of aliphatic imine (C=N–C) groups is 2. The highest BCUT2D eigenvalue weighted by Crippen LogP contribution is 2.01. The van der Waals surface area contributed by atoms with Gasteiger partial charge >= 0.3 is 0 Å². The molecule has 0 N–H and O–H groups in total. The molecule has 0 aromatic heterocycles. The minimum absolute atomic E-state index is 0.718. The average Bonchev–Trinajstić information content (AvgIpc) is 2.46. The van der Waals surface area contributed by atoms with Gasteiger partial charge < -0.3 is 0 Å². The standard InChI is InChI=1S/C18H20N2/c1-15-3-7-17(8-4-15)13-19-11-12-20-14-18-9-5-16(2)6-10-18/h3-10,13-14H,11-12H2,1-2H3. The van der Waals surface area contributed by atoms with Crippen molar-refractivity contribution in [3.8, 4) is 0 Å². The van der Waals surface area contributed by atoms with Crippen LogP contribution >= 0.6 is 0 Å². The molecule has 2 nitrogen and oxygen atoms in total. The predicted molar refractivity (Wildman–Crippen MR) is 87.3 cm³/mol. The zero-order valence-corrected chi connectivity index (χ0v) is 12.1. The lowest BCUT2D eigenvalue weighted by Crippen LogP contribution is -1.90. The van der Waals surface area contributed by atoms with Crippen molar-refractivity contribution in [1.29, 1.82) is 0 Å². The first-order valence-electron chi connectivity index (χ1n) is 6.87. The summed E-state index contributed by atoms with van der Waals surface area (Å²) in [6, 6.07) is 16.7. The first-order chi connectivity index (χ1) is 9.74. The van der Waals surface area contributed by atoms with Gasteiger partial charge in [-0.25, -0.2) is 0 Å². The third-order valence-corrected chi connectivity index (χ3v) is 2.99. The van der Waals surface area contributed by atoms with Crippen LogP contribution in [0, 0.1) is 13.8 Å². The monoisotopic (exact) mass is 264 g/mol. The Hall–Kier alpha value is -2.22. The Morgan fingerprint density at radius 3 is 1.35 bits per heavy atom. The van der Waals surface area contributed by atoms with Gasteiger partial charge in [-0.1, -0.05) is 59.7 Å². The molecule has 2 aromatic carbocycles. The Balaban J connectivity index is 1.76. The third kappa shape index (κ3) is 4.81. The lowest BCUT2D eigenvalue weighted by atomic mass is 10.2. The van der Waals surface area contributed by atoms with Crippen molar-refractivity contribution in [3.05, 3.63) is 70.8 Å². The summed E-state index contributed by atoms with van der Waals surface area (Å²) in [5.41, 5.74) is 4.81. The molecule has 0 heterocycles. The van der Waals surface area contributed by atoms with E-state index in [1.54, 1.807) is 0 Å². The summed E-state index contributed by atoms with van der Waals surface area (Å²) < 4.78 is 0. The van der Waals surface area contributed by atoms with Crippen LogP contribution in [-0.2, 0) is 0 Å². The second-order valence-electron chi connectivity index (χ2n) is 4.89. The number of hydrogen-bond acceptors (Lipinski definition) is 2. The Labute approximate surface area is 120 Å². The van der Waals surface area contributed by atoms with Gasteiger partial charge in [0.1, 0.15) is 0 Å². The maximum absolute atomic E-state index is 4.38. The molecule has 0 saturated carbocycles. The molecule has 2 aromatic rings. The maximum Gasteiger partial charge on any atom is 0.0585 e. The normalized spacial score (nSPS) is 11.5. The molecular weight excluding hydrogens is 244 g/mol. The Morgan fingerprint density at radius 2 is 1.00 bits per heavy atom. The Kier molecular flexibility index (Phi) is 5.24. The SMILES string of the molecule is Cc1ccc(C=NCCN=Cc2ccc(C)cc2)cc1. The molecular formula is C18H20N2. The lowest BCUT2D eigenvalue weighted by Gasteiger charge is -1.95. The van der Waals surface area contributed by atoms with Crippen molar-refractivity contribution in [1.82, 2.24) is 0 Å².